The van der Waals surface area contributed by atoms with Crippen LogP contribution in [0.3, 0.4) is 0 Å². The summed E-state index contributed by atoms with van der Waals surface area (Å²) in [5, 5.41) is 0. The molecule has 0 radical (unpaired) electrons. The van der Waals surface area contributed by atoms with Crippen LogP contribution in [0.25, 0.3) is 32.6 Å². The van der Waals surface area contributed by atoms with Gasteiger partial charge in [-0.3, -0.25) is 4.98 Å². The van der Waals surface area contributed by atoms with Gasteiger partial charge >= 0.3 is 0 Å². The van der Waals surface area contributed by atoms with Crippen LogP contribution < -0.4 is 0 Å². The van der Waals surface area contributed by atoms with Crippen molar-refractivity contribution in [2.45, 2.75) is 0 Å². The molecule has 2 N–H and O–H groups in total. The van der Waals surface area contributed by atoms with Crippen molar-refractivity contribution in [1.82, 2.24) is 19.9 Å². The first-order chi connectivity index (χ1) is 9.29. The Bertz CT molecular complexity index is 880. The van der Waals surface area contributed by atoms with Gasteiger partial charge < -0.3 is 9.97 Å². The van der Waals surface area contributed by atoms with Crippen molar-refractivity contribution in [2.24, 2.45) is 0 Å². The Morgan fingerprint density at radius 3 is 2.74 bits per heavy atom. The molecule has 0 fully saturated rings. The van der Waals surface area contributed by atoms with Crippen LogP contribution >= 0.6 is 23.6 Å². The van der Waals surface area contributed by atoms with E-state index < -0.39 is 0 Å². The molecule has 0 saturated carbocycles. The van der Waals surface area contributed by atoms with Crippen molar-refractivity contribution in [3.05, 3.63) is 40.6 Å². The maximum absolute atomic E-state index is 5.15. The highest BCUT2D eigenvalue weighted by molar-refractivity contribution is 7.73. The summed E-state index contributed by atoms with van der Waals surface area (Å²) < 4.78 is 1.92. The number of thiazole rings is 1. The minimum atomic E-state index is 0.789. The molecule has 0 aliphatic carbocycles. The standard InChI is InChI=1S/C13H8N4S2/c18-13-17-10-5-8-9(6-11(10)19-13)16-12(15-8)7-1-3-14-4-2-7/h1-6H,(H,15,16)(H,17,18). The van der Waals surface area contributed by atoms with E-state index in [9.17, 15) is 0 Å². The van der Waals surface area contributed by atoms with Crippen LogP contribution in [0.15, 0.2) is 36.7 Å². The molecule has 1 aromatic carbocycles. The molecule has 0 spiro atoms. The molecule has 19 heavy (non-hydrogen) atoms. The van der Waals surface area contributed by atoms with E-state index in [1.54, 1.807) is 23.7 Å². The lowest BCUT2D eigenvalue weighted by atomic mass is 10.3. The van der Waals surface area contributed by atoms with Crippen molar-refractivity contribution in [3.63, 3.8) is 0 Å². The number of pyridine rings is 1. The second-order valence-electron chi connectivity index (χ2n) is 4.20. The highest BCUT2D eigenvalue weighted by Crippen LogP contribution is 2.26. The monoisotopic (exact) mass is 284 g/mol. The molecule has 4 rings (SSSR count). The SMILES string of the molecule is S=c1[nH]c2cc3[nH]c(-c4ccncc4)nc3cc2s1. The predicted octanol–water partition coefficient (Wildman–Crippen LogP) is 3.90. The van der Waals surface area contributed by atoms with E-state index in [0.29, 0.717) is 0 Å². The van der Waals surface area contributed by atoms with E-state index in [-0.39, 0.29) is 0 Å². The Balaban J connectivity index is 1.99. The maximum Gasteiger partial charge on any atom is 0.159 e. The predicted molar refractivity (Wildman–Crippen MR) is 79.9 cm³/mol. The van der Waals surface area contributed by atoms with Crippen LogP contribution in [0.2, 0.25) is 0 Å². The van der Waals surface area contributed by atoms with Crippen LogP contribution in [0.4, 0.5) is 0 Å². The summed E-state index contributed by atoms with van der Waals surface area (Å²) in [5.41, 5.74) is 4.03. The lowest BCUT2D eigenvalue weighted by Gasteiger charge is -1.92. The number of H-pyrrole nitrogens is 2. The third-order valence-corrected chi connectivity index (χ3v) is 4.17. The first kappa shape index (κ1) is 10.8. The van der Waals surface area contributed by atoms with Gasteiger partial charge in [0, 0.05) is 18.0 Å². The van der Waals surface area contributed by atoms with Crippen molar-refractivity contribution in [2.75, 3.05) is 0 Å². The summed E-state index contributed by atoms with van der Waals surface area (Å²) in [6.45, 7) is 0. The molecule has 4 nitrogen and oxygen atoms in total. The number of nitrogens with one attached hydrogen (secondary N) is 2. The Labute approximate surface area is 117 Å². The molecule has 0 bridgehead atoms. The van der Waals surface area contributed by atoms with E-state index in [0.717, 1.165) is 36.6 Å². The summed E-state index contributed by atoms with van der Waals surface area (Å²) >= 11 is 6.72. The lowest BCUT2D eigenvalue weighted by molar-refractivity contribution is 1.28. The number of hydrogen-bond donors (Lipinski definition) is 2. The fraction of sp³-hybridized carbons (Fsp3) is 0. The first-order valence-corrected chi connectivity index (χ1v) is 6.95. The fourth-order valence-electron chi connectivity index (χ4n) is 2.10. The number of benzene rings is 1. The minimum Gasteiger partial charge on any atom is -0.338 e. The molecular formula is C13H8N4S2. The number of nitrogens with zero attached hydrogens (tertiary/aromatic N) is 2. The Morgan fingerprint density at radius 1 is 1.05 bits per heavy atom. The molecule has 6 heteroatoms. The summed E-state index contributed by atoms with van der Waals surface area (Å²) in [6.07, 6.45) is 3.52. The van der Waals surface area contributed by atoms with Gasteiger partial charge in [0.15, 0.2) is 3.95 Å². The molecular weight excluding hydrogens is 276 g/mol. The molecule has 0 saturated heterocycles. The highest BCUT2D eigenvalue weighted by Gasteiger charge is 2.07. The second kappa shape index (κ2) is 3.97. The topological polar surface area (TPSA) is 57.4 Å². The van der Waals surface area contributed by atoms with Crippen LogP contribution in [0, 0.1) is 3.95 Å². The zero-order valence-electron chi connectivity index (χ0n) is 9.68. The minimum absolute atomic E-state index is 0.789. The lowest BCUT2D eigenvalue weighted by Crippen LogP contribution is -1.79. The van der Waals surface area contributed by atoms with Gasteiger partial charge in [-0.05, 0) is 36.5 Å². The van der Waals surface area contributed by atoms with Crippen molar-refractivity contribution >= 4 is 44.8 Å². The highest BCUT2D eigenvalue weighted by atomic mass is 32.1. The molecule has 92 valence electrons. The maximum atomic E-state index is 5.15. The number of fused-ring (bicyclic) bond motifs is 2. The summed E-state index contributed by atoms with van der Waals surface area (Å²) in [4.78, 5) is 15.1. The molecule has 0 atom stereocenters. The van der Waals surface area contributed by atoms with Crippen molar-refractivity contribution < 1.29 is 0 Å². The largest absolute Gasteiger partial charge is 0.338 e. The number of hydrogen-bond acceptors (Lipinski definition) is 4. The van der Waals surface area contributed by atoms with Gasteiger partial charge in [-0.15, -0.1) is 11.3 Å². The van der Waals surface area contributed by atoms with E-state index >= 15 is 0 Å². The van der Waals surface area contributed by atoms with Crippen molar-refractivity contribution in [1.29, 1.82) is 0 Å². The molecule has 0 amide bonds. The number of aromatic nitrogens is 4. The van der Waals surface area contributed by atoms with Gasteiger partial charge in [-0.2, -0.15) is 0 Å². The van der Waals surface area contributed by atoms with Gasteiger partial charge in [-0.1, -0.05) is 0 Å². The average molecular weight is 284 g/mol. The number of rotatable bonds is 1. The second-order valence-corrected chi connectivity index (χ2v) is 5.92. The van der Waals surface area contributed by atoms with Gasteiger partial charge in [0.25, 0.3) is 0 Å². The van der Waals surface area contributed by atoms with Gasteiger partial charge in [0.2, 0.25) is 0 Å². The summed E-state index contributed by atoms with van der Waals surface area (Å²) in [6, 6.07) is 7.98. The zero-order chi connectivity index (χ0) is 12.8. The normalized spacial score (nSPS) is 11.4. The smallest absolute Gasteiger partial charge is 0.159 e. The average Bonchev–Trinajstić information content (AvgIpc) is 2.98. The van der Waals surface area contributed by atoms with Gasteiger partial charge in [0.1, 0.15) is 5.82 Å². The third-order valence-electron chi connectivity index (χ3n) is 2.98. The number of imidazole rings is 1. The van der Waals surface area contributed by atoms with Crippen LogP contribution in [-0.4, -0.2) is 19.9 Å². The third kappa shape index (κ3) is 1.76. The Morgan fingerprint density at radius 2 is 1.89 bits per heavy atom. The molecule has 0 aliphatic heterocycles. The Kier molecular flexibility index (Phi) is 2.27. The van der Waals surface area contributed by atoms with E-state index in [1.807, 2.05) is 12.1 Å². The van der Waals surface area contributed by atoms with Crippen molar-refractivity contribution in [3.8, 4) is 11.4 Å². The molecule has 3 aromatic heterocycles. The molecule has 0 aliphatic rings. The number of aromatic amines is 2. The molecule has 0 unspecified atom stereocenters. The van der Waals surface area contributed by atoms with Crippen LogP contribution in [0.5, 0.6) is 0 Å². The Hall–Kier alpha value is -2.05. The summed E-state index contributed by atoms with van der Waals surface area (Å²) in [7, 11) is 0. The van der Waals surface area contributed by atoms with E-state index in [4.69, 9.17) is 12.2 Å². The first-order valence-electron chi connectivity index (χ1n) is 5.72. The molecule has 4 aromatic rings. The van der Waals surface area contributed by atoms with Gasteiger partial charge in [-0.25, -0.2) is 4.98 Å². The van der Waals surface area contributed by atoms with E-state index in [2.05, 4.69) is 32.1 Å². The zero-order valence-corrected chi connectivity index (χ0v) is 11.3. The van der Waals surface area contributed by atoms with Gasteiger partial charge in [0.05, 0.1) is 21.3 Å². The fourth-order valence-corrected chi connectivity index (χ4v) is 3.23. The van der Waals surface area contributed by atoms with Crippen LogP contribution in [0.1, 0.15) is 0 Å². The van der Waals surface area contributed by atoms with E-state index in [1.165, 1.54) is 0 Å². The molecule has 3 heterocycles. The summed E-state index contributed by atoms with van der Waals surface area (Å²) in [5.74, 6) is 0.855. The quantitative estimate of drug-likeness (QED) is 0.521. The van der Waals surface area contributed by atoms with Crippen LogP contribution in [-0.2, 0) is 0 Å².